The van der Waals surface area contributed by atoms with Gasteiger partial charge in [0.15, 0.2) is 0 Å². The van der Waals surface area contributed by atoms with Crippen molar-refractivity contribution in [2.75, 3.05) is 19.2 Å². The summed E-state index contributed by atoms with van der Waals surface area (Å²) in [5.41, 5.74) is 0.855. The van der Waals surface area contributed by atoms with E-state index in [1.807, 2.05) is 0 Å². The Bertz CT molecular complexity index is 210. The van der Waals surface area contributed by atoms with Crippen LogP contribution < -0.4 is 5.32 Å². The number of benzene rings is 1. The van der Waals surface area contributed by atoms with Crippen LogP contribution in [0.5, 0.6) is 0 Å². The summed E-state index contributed by atoms with van der Waals surface area (Å²) in [7, 11) is 1.59. The third-order valence-corrected chi connectivity index (χ3v) is 1.26. The Morgan fingerprint density at radius 3 is 2.55 bits per heavy atom. The van der Waals surface area contributed by atoms with Crippen LogP contribution in [-0.2, 0) is 4.74 Å². The molecule has 0 saturated heterocycles. The van der Waals surface area contributed by atoms with E-state index in [9.17, 15) is 4.39 Å². The molecule has 0 aliphatic rings. The average Bonchev–Trinajstić information content (AvgIpc) is 2.04. The summed E-state index contributed by atoms with van der Waals surface area (Å²) in [5.74, 6) is -0.229. The zero-order valence-corrected chi connectivity index (χ0v) is 6.30. The Balaban J connectivity index is 2.52. The molecule has 0 aliphatic heterocycles. The number of anilines is 1. The molecule has 1 rings (SSSR count). The number of nitrogens with one attached hydrogen (secondary N) is 1. The Hall–Kier alpha value is -1.09. The van der Waals surface area contributed by atoms with E-state index in [1.165, 1.54) is 12.1 Å². The van der Waals surface area contributed by atoms with Gasteiger partial charge in [-0.3, -0.25) is 0 Å². The van der Waals surface area contributed by atoms with Crippen molar-refractivity contribution < 1.29 is 9.13 Å². The third kappa shape index (κ3) is 2.55. The van der Waals surface area contributed by atoms with Gasteiger partial charge in [0.25, 0.3) is 0 Å². The van der Waals surface area contributed by atoms with Crippen LogP contribution in [0.4, 0.5) is 10.1 Å². The maximum Gasteiger partial charge on any atom is 0.123 e. The minimum atomic E-state index is -0.229. The SMILES string of the molecule is COCNc1ccc(F)cc1. The fourth-order valence-corrected chi connectivity index (χ4v) is 0.723. The average molecular weight is 155 g/mol. The first-order valence-electron chi connectivity index (χ1n) is 3.31. The van der Waals surface area contributed by atoms with Gasteiger partial charge >= 0.3 is 0 Å². The molecule has 0 bridgehead atoms. The molecule has 0 amide bonds. The lowest BCUT2D eigenvalue weighted by molar-refractivity contribution is 0.221. The number of hydrogen-bond donors (Lipinski definition) is 1. The summed E-state index contributed by atoms with van der Waals surface area (Å²) in [6, 6.07) is 6.12. The highest BCUT2D eigenvalue weighted by Gasteiger charge is 1.90. The quantitative estimate of drug-likeness (QED) is 0.672. The number of hydrogen-bond acceptors (Lipinski definition) is 2. The number of rotatable bonds is 3. The van der Waals surface area contributed by atoms with E-state index in [0.29, 0.717) is 6.73 Å². The summed E-state index contributed by atoms with van der Waals surface area (Å²) in [4.78, 5) is 0. The number of halogens is 1. The summed E-state index contributed by atoms with van der Waals surface area (Å²) in [6.07, 6.45) is 0. The first-order chi connectivity index (χ1) is 5.33. The summed E-state index contributed by atoms with van der Waals surface area (Å²) >= 11 is 0. The normalized spacial score (nSPS) is 9.64. The molecular formula is C8H10FNO. The maximum absolute atomic E-state index is 12.3. The van der Waals surface area contributed by atoms with E-state index in [-0.39, 0.29) is 5.82 Å². The summed E-state index contributed by atoms with van der Waals surface area (Å²) in [6.45, 7) is 0.436. The van der Waals surface area contributed by atoms with Gasteiger partial charge in [0.2, 0.25) is 0 Å². The van der Waals surface area contributed by atoms with Crippen molar-refractivity contribution in [3.8, 4) is 0 Å². The van der Waals surface area contributed by atoms with Gasteiger partial charge in [-0.1, -0.05) is 0 Å². The van der Waals surface area contributed by atoms with Gasteiger partial charge in [0, 0.05) is 12.8 Å². The van der Waals surface area contributed by atoms with E-state index in [4.69, 9.17) is 4.74 Å². The van der Waals surface area contributed by atoms with Crippen LogP contribution >= 0.6 is 0 Å². The van der Waals surface area contributed by atoms with E-state index in [1.54, 1.807) is 19.2 Å². The van der Waals surface area contributed by atoms with Crippen molar-refractivity contribution in [1.29, 1.82) is 0 Å². The van der Waals surface area contributed by atoms with E-state index < -0.39 is 0 Å². The molecule has 3 heteroatoms. The number of ether oxygens (including phenoxy) is 1. The lowest BCUT2D eigenvalue weighted by atomic mass is 10.3. The Morgan fingerprint density at radius 2 is 2.00 bits per heavy atom. The monoisotopic (exact) mass is 155 g/mol. The molecule has 0 heterocycles. The first kappa shape index (κ1) is 8.01. The second-order valence-electron chi connectivity index (χ2n) is 2.12. The molecule has 0 saturated carbocycles. The van der Waals surface area contributed by atoms with Crippen molar-refractivity contribution >= 4 is 5.69 Å². The lowest BCUT2D eigenvalue weighted by Crippen LogP contribution is -2.02. The molecule has 0 aromatic heterocycles. The van der Waals surface area contributed by atoms with Crippen LogP contribution in [0.3, 0.4) is 0 Å². The van der Waals surface area contributed by atoms with Gasteiger partial charge in [-0.2, -0.15) is 0 Å². The molecule has 0 radical (unpaired) electrons. The highest BCUT2D eigenvalue weighted by atomic mass is 19.1. The Morgan fingerprint density at radius 1 is 1.36 bits per heavy atom. The topological polar surface area (TPSA) is 21.3 Å². The number of methoxy groups -OCH3 is 1. The van der Waals surface area contributed by atoms with Gasteiger partial charge < -0.3 is 10.1 Å². The van der Waals surface area contributed by atoms with E-state index in [0.717, 1.165) is 5.69 Å². The zero-order valence-electron chi connectivity index (χ0n) is 6.30. The van der Waals surface area contributed by atoms with E-state index in [2.05, 4.69) is 5.32 Å². The molecule has 1 N–H and O–H groups in total. The Kier molecular flexibility index (Phi) is 2.86. The first-order valence-corrected chi connectivity index (χ1v) is 3.31. The second kappa shape index (κ2) is 3.93. The van der Waals surface area contributed by atoms with Crippen LogP contribution in [0.15, 0.2) is 24.3 Å². The van der Waals surface area contributed by atoms with Crippen LogP contribution in [0.2, 0.25) is 0 Å². The molecule has 1 aromatic rings. The second-order valence-corrected chi connectivity index (χ2v) is 2.12. The van der Waals surface area contributed by atoms with Crippen molar-refractivity contribution in [3.63, 3.8) is 0 Å². The van der Waals surface area contributed by atoms with Gasteiger partial charge in [0.05, 0.1) is 0 Å². The van der Waals surface area contributed by atoms with Gasteiger partial charge in [0.1, 0.15) is 12.5 Å². The molecule has 0 spiro atoms. The van der Waals surface area contributed by atoms with Crippen molar-refractivity contribution in [2.45, 2.75) is 0 Å². The van der Waals surface area contributed by atoms with E-state index >= 15 is 0 Å². The minimum Gasteiger partial charge on any atom is -0.365 e. The van der Waals surface area contributed by atoms with Crippen LogP contribution in [0.25, 0.3) is 0 Å². The van der Waals surface area contributed by atoms with Crippen molar-refractivity contribution in [2.24, 2.45) is 0 Å². The molecular weight excluding hydrogens is 145 g/mol. The predicted octanol–water partition coefficient (Wildman–Crippen LogP) is 1.84. The molecule has 0 fully saturated rings. The highest BCUT2D eigenvalue weighted by molar-refractivity contribution is 5.42. The predicted molar refractivity (Wildman–Crippen MR) is 41.9 cm³/mol. The van der Waals surface area contributed by atoms with Crippen molar-refractivity contribution in [3.05, 3.63) is 30.1 Å². The Labute approximate surface area is 65.0 Å². The molecule has 0 aliphatic carbocycles. The third-order valence-electron chi connectivity index (χ3n) is 1.26. The van der Waals surface area contributed by atoms with Crippen LogP contribution in [-0.4, -0.2) is 13.8 Å². The fraction of sp³-hybridized carbons (Fsp3) is 0.250. The lowest BCUT2D eigenvalue weighted by Gasteiger charge is -2.03. The van der Waals surface area contributed by atoms with Crippen molar-refractivity contribution in [1.82, 2.24) is 0 Å². The molecule has 0 unspecified atom stereocenters. The molecule has 1 aromatic carbocycles. The van der Waals surface area contributed by atoms with Gasteiger partial charge in [-0.15, -0.1) is 0 Å². The molecule has 11 heavy (non-hydrogen) atoms. The van der Waals surface area contributed by atoms with Crippen LogP contribution in [0, 0.1) is 5.82 Å². The maximum atomic E-state index is 12.3. The highest BCUT2D eigenvalue weighted by Crippen LogP contribution is 2.06. The smallest absolute Gasteiger partial charge is 0.123 e. The summed E-state index contributed by atoms with van der Waals surface area (Å²) < 4.78 is 17.1. The standard InChI is InChI=1S/C8H10FNO/c1-11-6-10-8-4-2-7(9)3-5-8/h2-5,10H,6H2,1H3. The van der Waals surface area contributed by atoms with Crippen LogP contribution in [0.1, 0.15) is 0 Å². The van der Waals surface area contributed by atoms with Gasteiger partial charge in [-0.25, -0.2) is 4.39 Å². The molecule has 0 atom stereocenters. The largest absolute Gasteiger partial charge is 0.365 e. The fourth-order valence-electron chi connectivity index (χ4n) is 0.723. The zero-order chi connectivity index (χ0) is 8.10. The van der Waals surface area contributed by atoms with Gasteiger partial charge in [-0.05, 0) is 24.3 Å². The molecule has 2 nitrogen and oxygen atoms in total. The summed E-state index contributed by atoms with van der Waals surface area (Å²) in [5, 5.41) is 2.93. The minimum absolute atomic E-state index is 0.229. The molecule has 60 valence electrons.